The number of esters is 1. The zero-order valence-corrected chi connectivity index (χ0v) is 12.7. The molecule has 2 atom stereocenters. The summed E-state index contributed by atoms with van der Waals surface area (Å²) in [5.74, 6) is 0.203. The first-order valence-electron chi connectivity index (χ1n) is 6.94. The van der Waals surface area contributed by atoms with Crippen molar-refractivity contribution in [3.8, 4) is 0 Å². The number of rotatable bonds is 4. The Morgan fingerprint density at radius 1 is 1.33 bits per heavy atom. The second kappa shape index (κ2) is 5.60. The highest BCUT2D eigenvalue weighted by atomic mass is 16.6. The zero-order chi connectivity index (χ0) is 14.0. The number of hydrogen-bond donors (Lipinski definition) is 0. The van der Waals surface area contributed by atoms with Crippen LogP contribution in [0, 0.1) is 16.7 Å². The Morgan fingerprint density at radius 2 is 1.94 bits per heavy atom. The van der Waals surface area contributed by atoms with Crippen LogP contribution in [0.15, 0.2) is 0 Å². The van der Waals surface area contributed by atoms with Crippen LogP contribution in [0.25, 0.3) is 0 Å². The van der Waals surface area contributed by atoms with Gasteiger partial charge in [-0.3, -0.25) is 4.79 Å². The van der Waals surface area contributed by atoms with E-state index in [1.54, 1.807) is 0 Å². The van der Waals surface area contributed by atoms with E-state index in [1.165, 1.54) is 0 Å². The highest BCUT2D eigenvalue weighted by molar-refractivity contribution is 5.77. The van der Waals surface area contributed by atoms with Crippen molar-refractivity contribution in [3.63, 3.8) is 0 Å². The third kappa shape index (κ3) is 3.98. The molecular formula is C15H28O3. The summed E-state index contributed by atoms with van der Waals surface area (Å²) in [5.41, 5.74) is -0.301. The van der Waals surface area contributed by atoms with Crippen LogP contribution in [0.4, 0.5) is 0 Å². The van der Waals surface area contributed by atoms with Gasteiger partial charge in [0.1, 0.15) is 6.10 Å². The molecule has 0 amide bonds. The van der Waals surface area contributed by atoms with Crippen LogP contribution in [0.5, 0.6) is 0 Å². The van der Waals surface area contributed by atoms with Crippen molar-refractivity contribution < 1.29 is 14.3 Å². The monoisotopic (exact) mass is 256 g/mol. The van der Waals surface area contributed by atoms with E-state index in [9.17, 15) is 4.79 Å². The molecule has 1 rings (SSSR count). The van der Waals surface area contributed by atoms with E-state index in [0.29, 0.717) is 13.2 Å². The Morgan fingerprint density at radius 3 is 2.33 bits per heavy atom. The van der Waals surface area contributed by atoms with E-state index in [2.05, 4.69) is 34.6 Å². The van der Waals surface area contributed by atoms with E-state index < -0.39 is 5.41 Å². The maximum absolute atomic E-state index is 12.5. The third-order valence-electron chi connectivity index (χ3n) is 3.80. The molecule has 2 unspecified atom stereocenters. The molecule has 0 N–H and O–H groups in total. The quantitative estimate of drug-likeness (QED) is 0.723. The van der Waals surface area contributed by atoms with Crippen molar-refractivity contribution in [2.75, 3.05) is 13.2 Å². The Kier molecular flexibility index (Phi) is 4.82. The maximum Gasteiger partial charge on any atom is 0.312 e. The fourth-order valence-electron chi connectivity index (χ4n) is 2.51. The first-order valence-corrected chi connectivity index (χ1v) is 6.94. The van der Waals surface area contributed by atoms with Gasteiger partial charge in [0.25, 0.3) is 0 Å². The standard InChI is InChI=1S/C15H28O3/c1-11(2)15(6,10-14(3,4)5)13(16)18-12-7-8-17-9-12/h11-12H,7-10H2,1-6H3. The summed E-state index contributed by atoms with van der Waals surface area (Å²) in [4.78, 5) is 12.5. The van der Waals surface area contributed by atoms with Crippen molar-refractivity contribution in [2.24, 2.45) is 16.7 Å². The average molecular weight is 256 g/mol. The average Bonchev–Trinajstić information content (AvgIpc) is 2.67. The predicted octanol–water partition coefficient (Wildman–Crippen LogP) is 3.42. The molecule has 18 heavy (non-hydrogen) atoms. The lowest BCUT2D eigenvalue weighted by atomic mass is 9.69. The summed E-state index contributed by atoms with van der Waals surface area (Å²) in [7, 11) is 0. The molecule has 1 aliphatic rings. The molecule has 0 aromatic heterocycles. The van der Waals surface area contributed by atoms with Crippen LogP contribution in [-0.4, -0.2) is 25.3 Å². The Balaban J connectivity index is 2.73. The fourth-order valence-corrected chi connectivity index (χ4v) is 2.51. The van der Waals surface area contributed by atoms with Gasteiger partial charge in [-0.1, -0.05) is 34.6 Å². The highest BCUT2D eigenvalue weighted by Gasteiger charge is 2.42. The summed E-state index contributed by atoms with van der Waals surface area (Å²) in [5, 5.41) is 0. The van der Waals surface area contributed by atoms with Crippen molar-refractivity contribution >= 4 is 5.97 Å². The molecule has 3 nitrogen and oxygen atoms in total. The molecule has 0 aromatic carbocycles. The Labute approximate surface area is 111 Å². The van der Waals surface area contributed by atoms with Gasteiger partial charge in [0.05, 0.1) is 18.6 Å². The normalized spacial score (nSPS) is 24.1. The molecule has 1 aliphatic heterocycles. The topological polar surface area (TPSA) is 35.5 Å². The van der Waals surface area contributed by atoms with Gasteiger partial charge in [-0.05, 0) is 24.7 Å². The molecule has 0 bridgehead atoms. The van der Waals surface area contributed by atoms with Crippen molar-refractivity contribution in [3.05, 3.63) is 0 Å². The smallest absolute Gasteiger partial charge is 0.312 e. The van der Waals surface area contributed by atoms with E-state index in [0.717, 1.165) is 12.8 Å². The SMILES string of the molecule is CC(C)C(C)(CC(C)(C)C)C(=O)OC1CCOC1. The minimum absolute atomic E-state index is 0.0458. The van der Waals surface area contributed by atoms with Gasteiger partial charge in [-0.15, -0.1) is 0 Å². The van der Waals surface area contributed by atoms with E-state index >= 15 is 0 Å². The summed E-state index contributed by atoms with van der Waals surface area (Å²) >= 11 is 0. The van der Waals surface area contributed by atoms with Gasteiger partial charge in [0.2, 0.25) is 0 Å². The molecular weight excluding hydrogens is 228 g/mol. The molecule has 0 aromatic rings. The van der Waals surface area contributed by atoms with Crippen molar-refractivity contribution in [1.29, 1.82) is 0 Å². The van der Waals surface area contributed by atoms with Gasteiger partial charge < -0.3 is 9.47 Å². The fraction of sp³-hybridized carbons (Fsp3) is 0.933. The van der Waals surface area contributed by atoms with E-state index in [1.807, 2.05) is 6.92 Å². The van der Waals surface area contributed by atoms with Crippen LogP contribution >= 0.6 is 0 Å². The molecule has 0 spiro atoms. The zero-order valence-electron chi connectivity index (χ0n) is 12.7. The Hall–Kier alpha value is -0.570. The van der Waals surface area contributed by atoms with Crippen molar-refractivity contribution in [2.45, 2.75) is 60.5 Å². The Bertz CT molecular complexity index is 285. The predicted molar refractivity (Wildman–Crippen MR) is 72.3 cm³/mol. The first kappa shape index (κ1) is 15.5. The molecule has 3 heteroatoms. The van der Waals surface area contributed by atoms with Crippen LogP contribution < -0.4 is 0 Å². The summed E-state index contributed by atoms with van der Waals surface area (Å²) in [6.45, 7) is 14.0. The van der Waals surface area contributed by atoms with Crippen molar-refractivity contribution in [1.82, 2.24) is 0 Å². The minimum atomic E-state index is -0.416. The molecule has 1 fully saturated rings. The lowest BCUT2D eigenvalue weighted by Gasteiger charge is -2.37. The molecule has 0 saturated carbocycles. The second-order valence-corrected chi connectivity index (χ2v) is 7.20. The third-order valence-corrected chi connectivity index (χ3v) is 3.80. The van der Waals surface area contributed by atoms with Crippen LogP contribution in [0.2, 0.25) is 0 Å². The van der Waals surface area contributed by atoms with E-state index in [4.69, 9.17) is 9.47 Å². The maximum atomic E-state index is 12.5. The number of hydrogen-bond acceptors (Lipinski definition) is 3. The lowest BCUT2D eigenvalue weighted by molar-refractivity contribution is -0.165. The van der Waals surface area contributed by atoms with E-state index in [-0.39, 0.29) is 23.4 Å². The van der Waals surface area contributed by atoms with Crippen LogP contribution in [0.3, 0.4) is 0 Å². The van der Waals surface area contributed by atoms with Crippen LogP contribution in [-0.2, 0) is 14.3 Å². The summed E-state index contributed by atoms with van der Waals surface area (Å²) in [6, 6.07) is 0. The largest absolute Gasteiger partial charge is 0.459 e. The van der Waals surface area contributed by atoms with Gasteiger partial charge >= 0.3 is 5.97 Å². The number of carbonyl (C=O) groups is 1. The summed E-state index contributed by atoms with van der Waals surface area (Å²) in [6.07, 6.45) is 1.62. The lowest BCUT2D eigenvalue weighted by Crippen LogP contribution is -2.40. The van der Waals surface area contributed by atoms with Gasteiger partial charge in [0, 0.05) is 6.42 Å². The molecule has 1 saturated heterocycles. The molecule has 106 valence electrons. The number of ether oxygens (including phenoxy) is 2. The first-order chi connectivity index (χ1) is 8.15. The van der Waals surface area contributed by atoms with Gasteiger partial charge in [0.15, 0.2) is 0 Å². The molecule has 0 aliphatic carbocycles. The minimum Gasteiger partial charge on any atom is -0.459 e. The highest BCUT2D eigenvalue weighted by Crippen LogP contribution is 2.40. The number of carbonyl (C=O) groups excluding carboxylic acids is 1. The molecule has 1 heterocycles. The molecule has 0 radical (unpaired) electrons. The van der Waals surface area contributed by atoms with Gasteiger partial charge in [-0.2, -0.15) is 0 Å². The summed E-state index contributed by atoms with van der Waals surface area (Å²) < 4.78 is 10.9. The van der Waals surface area contributed by atoms with Gasteiger partial charge in [-0.25, -0.2) is 0 Å². The van der Waals surface area contributed by atoms with Crippen LogP contribution in [0.1, 0.15) is 54.4 Å². The second-order valence-electron chi connectivity index (χ2n) is 7.20.